The predicted octanol–water partition coefficient (Wildman–Crippen LogP) is 1.05. The minimum absolute atomic E-state index is 0.0400. The molecule has 1 unspecified atom stereocenters. The molecule has 0 spiro atoms. The molecule has 1 fully saturated rings. The van der Waals surface area contributed by atoms with Crippen molar-refractivity contribution in [1.82, 2.24) is 10.6 Å². The van der Waals surface area contributed by atoms with E-state index < -0.39 is 6.03 Å². The van der Waals surface area contributed by atoms with Crippen LogP contribution in [0.4, 0.5) is 4.79 Å². The predicted molar refractivity (Wildman–Crippen MR) is 98.6 cm³/mol. The van der Waals surface area contributed by atoms with Crippen LogP contribution in [0.1, 0.15) is 44.7 Å². The lowest BCUT2D eigenvalue weighted by atomic mass is 10.0. The van der Waals surface area contributed by atoms with Gasteiger partial charge in [0.15, 0.2) is 6.54 Å². The van der Waals surface area contributed by atoms with Crippen LogP contribution in [0.15, 0.2) is 18.2 Å². The second-order valence-electron chi connectivity index (χ2n) is 6.72. The van der Waals surface area contributed by atoms with Crippen molar-refractivity contribution in [3.63, 3.8) is 0 Å². The lowest BCUT2D eigenvalue weighted by molar-refractivity contribution is -0.910. The molecule has 0 aromatic heterocycles. The maximum Gasteiger partial charge on any atom is 0.321 e. The second-order valence-corrected chi connectivity index (χ2v) is 6.72. The highest BCUT2D eigenvalue weighted by molar-refractivity contribution is 5.94. The maximum absolute atomic E-state index is 12.3. The van der Waals surface area contributed by atoms with Gasteiger partial charge in [-0.25, -0.2) is 4.79 Å². The summed E-state index contributed by atoms with van der Waals surface area (Å²) in [5.41, 5.74) is 1.07. The molecule has 1 aliphatic rings. The Morgan fingerprint density at radius 3 is 2.73 bits per heavy atom. The van der Waals surface area contributed by atoms with Gasteiger partial charge in [0.25, 0.3) is 5.91 Å². The molecule has 1 heterocycles. The monoisotopic (exact) mass is 364 g/mol. The van der Waals surface area contributed by atoms with E-state index in [1.165, 1.54) is 0 Å². The first kappa shape index (κ1) is 20.0. The van der Waals surface area contributed by atoms with Crippen molar-refractivity contribution in [3.8, 4) is 11.5 Å². The van der Waals surface area contributed by atoms with Crippen molar-refractivity contribution in [1.29, 1.82) is 0 Å². The van der Waals surface area contributed by atoms with E-state index in [0.29, 0.717) is 0 Å². The third-order valence-corrected chi connectivity index (χ3v) is 4.93. The number of methoxy groups -OCH3 is 2. The van der Waals surface area contributed by atoms with Gasteiger partial charge in [-0.1, -0.05) is 6.92 Å². The van der Waals surface area contributed by atoms with Gasteiger partial charge in [-0.2, -0.15) is 0 Å². The molecule has 1 saturated heterocycles. The quantitative estimate of drug-likeness (QED) is 0.676. The van der Waals surface area contributed by atoms with Crippen LogP contribution in [-0.2, 0) is 4.79 Å². The molecule has 26 heavy (non-hydrogen) atoms. The molecule has 144 valence electrons. The highest BCUT2D eigenvalue weighted by Gasteiger charge is 2.34. The summed E-state index contributed by atoms with van der Waals surface area (Å²) < 4.78 is 10.8. The number of ether oxygens (including phenoxy) is 2. The largest absolute Gasteiger partial charge is 0.497 e. The molecule has 1 aliphatic heterocycles. The average molecular weight is 364 g/mol. The van der Waals surface area contributed by atoms with Gasteiger partial charge in [-0.3, -0.25) is 10.1 Å². The lowest BCUT2D eigenvalue weighted by Gasteiger charge is -2.23. The number of nitrogens with one attached hydrogen (secondary N) is 3. The smallest absolute Gasteiger partial charge is 0.321 e. The fourth-order valence-corrected chi connectivity index (χ4v) is 3.34. The third kappa shape index (κ3) is 5.11. The number of amides is 3. The zero-order chi connectivity index (χ0) is 19.1. The van der Waals surface area contributed by atoms with E-state index >= 15 is 0 Å². The topological polar surface area (TPSA) is 81.1 Å². The first-order chi connectivity index (χ1) is 12.5. The molecule has 1 aromatic carbocycles. The molecule has 2 rings (SSSR count). The van der Waals surface area contributed by atoms with E-state index in [0.717, 1.165) is 47.8 Å². The Balaban J connectivity index is 2.02. The Morgan fingerprint density at radius 2 is 2.08 bits per heavy atom. The van der Waals surface area contributed by atoms with Crippen LogP contribution in [0.2, 0.25) is 0 Å². The number of likely N-dealkylation sites (tertiary alicyclic amines) is 1. The fourth-order valence-electron chi connectivity index (χ4n) is 3.34. The molecule has 3 N–H and O–H groups in total. The van der Waals surface area contributed by atoms with Crippen molar-refractivity contribution in [2.45, 2.75) is 45.2 Å². The molecule has 0 radical (unpaired) electrons. The molecular weight excluding hydrogens is 334 g/mol. The number of carbonyl (C=O) groups excluding carboxylic acids is 2. The average Bonchev–Trinajstić information content (AvgIpc) is 3.08. The van der Waals surface area contributed by atoms with Crippen molar-refractivity contribution < 1.29 is 24.0 Å². The summed E-state index contributed by atoms with van der Waals surface area (Å²) in [6, 6.07) is 5.55. The highest BCUT2D eigenvalue weighted by atomic mass is 16.5. The molecular formula is C19H30N3O4+. The van der Waals surface area contributed by atoms with E-state index in [4.69, 9.17) is 9.47 Å². The lowest BCUT2D eigenvalue weighted by Crippen LogP contribution is -3.11. The zero-order valence-electron chi connectivity index (χ0n) is 16.1. The standard InChI is InChI=1S/C19H29N3O4/c1-5-13(2)20-19(24)21-18(23)12-22-10-6-7-16(22)15-9-8-14(25-3)11-17(15)26-4/h8-9,11,13,16H,5-7,10,12H2,1-4H3,(H2,20,21,23,24)/p+1/t13-,16+/m0/s1. The van der Waals surface area contributed by atoms with Crippen molar-refractivity contribution >= 4 is 11.9 Å². The second kappa shape index (κ2) is 9.43. The Hall–Kier alpha value is -2.28. The Bertz CT molecular complexity index is 635. The van der Waals surface area contributed by atoms with Crippen molar-refractivity contribution in [2.24, 2.45) is 0 Å². The first-order valence-electron chi connectivity index (χ1n) is 9.15. The normalized spacial score (nSPS) is 20.3. The van der Waals surface area contributed by atoms with Gasteiger partial charge in [-0.05, 0) is 25.5 Å². The first-order valence-corrected chi connectivity index (χ1v) is 9.15. The Morgan fingerprint density at radius 1 is 1.31 bits per heavy atom. The van der Waals surface area contributed by atoms with Gasteiger partial charge >= 0.3 is 6.03 Å². The van der Waals surface area contributed by atoms with Crippen LogP contribution >= 0.6 is 0 Å². The van der Waals surface area contributed by atoms with Gasteiger partial charge < -0.3 is 19.7 Å². The van der Waals surface area contributed by atoms with Crippen LogP contribution in [0.5, 0.6) is 11.5 Å². The summed E-state index contributed by atoms with van der Waals surface area (Å²) in [6.07, 6.45) is 2.82. The van der Waals surface area contributed by atoms with Gasteiger partial charge in [0.2, 0.25) is 0 Å². The van der Waals surface area contributed by atoms with Gasteiger partial charge in [0, 0.05) is 24.9 Å². The summed E-state index contributed by atoms with van der Waals surface area (Å²) in [4.78, 5) is 25.2. The third-order valence-electron chi connectivity index (χ3n) is 4.93. The minimum atomic E-state index is -0.429. The molecule has 1 aromatic rings. The van der Waals surface area contributed by atoms with Gasteiger partial charge in [-0.15, -0.1) is 0 Å². The molecule has 0 saturated carbocycles. The number of imide groups is 1. The van der Waals surface area contributed by atoms with Crippen LogP contribution in [0.3, 0.4) is 0 Å². The molecule has 3 atom stereocenters. The van der Waals surface area contributed by atoms with E-state index in [-0.39, 0.29) is 24.5 Å². The van der Waals surface area contributed by atoms with Crippen LogP contribution < -0.4 is 25.0 Å². The van der Waals surface area contributed by atoms with Crippen molar-refractivity contribution in [3.05, 3.63) is 23.8 Å². The van der Waals surface area contributed by atoms with Gasteiger partial charge in [0.1, 0.15) is 17.5 Å². The maximum atomic E-state index is 12.3. The van der Waals surface area contributed by atoms with Crippen LogP contribution in [-0.4, -0.2) is 45.3 Å². The summed E-state index contributed by atoms with van der Waals surface area (Å²) in [6.45, 7) is 5.03. The minimum Gasteiger partial charge on any atom is -0.497 e. The van der Waals surface area contributed by atoms with Gasteiger partial charge in [0.05, 0.1) is 26.3 Å². The fraction of sp³-hybridized carbons (Fsp3) is 0.579. The summed E-state index contributed by atoms with van der Waals surface area (Å²) in [5, 5.41) is 5.17. The van der Waals surface area contributed by atoms with E-state index in [1.807, 2.05) is 32.0 Å². The summed E-state index contributed by atoms with van der Waals surface area (Å²) in [7, 11) is 3.26. The number of rotatable bonds is 7. The molecule has 7 heteroatoms. The Kier molecular flexibility index (Phi) is 7.26. The van der Waals surface area contributed by atoms with Crippen LogP contribution in [0.25, 0.3) is 0 Å². The number of benzene rings is 1. The van der Waals surface area contributed by atoms with E-state index in [1.54, 1.807) is 14.2 Å². The number of quaternary nitrogens is 1. The number of hydrogen-bond donors (Lipinski definition) is 3. The molecule has 0 bridgehead atoms. The van der Waals surface area contributed by atoms with Crippen molar-refractivity contribution in [2.75, 3.05) is 27.3 Å². The molecule has 3 amide bonds. The van der Waals surface area contributed by atoms with E-state index in [9.17, 15) is 9.59 Å². The summed E-state index contributed by atoms with van der Waals surface area (Å²) in [5.74, 6) is 1.24. The van der Waals surface area contributed by atoms with Crippen LogP contribution in [0, 0.1) is 0 Å². The molecule has 7 nitrogen and oxygen atoms in total. The number of urea groups is 1. The van der Waals surface area contributed by atoms with E-state index in [2.05, 4.69) is 10.6 Å². The molecule has 0 aliphatic carbocycles. The summed E-state index contributed by atoms with van der Waals surface area (Å²) >= 11 is 0. The highest BCUT2D eigenvalue weighted by Crippen LogP contribution is 2.31. The SMILES string of the molecule is CC[C@H](C)NC(=O)NC(=O)C[NH+]1CCC[C@@H]1c1ccc(OC)cc1OC. The Labute approximate surface area is 155 Å². The number of hydrogen-bond acceptors (Lipinski definition) is 4. The number of carbonyl (C=O) groups is 2. The zero-order valence-corrected chi connectivity index (χ0v) is 16.1.